The van der Waals surface area contributed by atoms with Crippen molar-refractivity contribution in [2.45, 2.75) is 44.8 Å². The lowest BCUT2D eigenvalue weighted by atomic mass is 9.98. The molecule has 0 radical (unpaired) electrons. The minimum atomic E-state index is -0.302. The molecular formula is C24H36N4O4. The lowest BCUT2D eigenvalue weighted by molar-refractivity contribution is 0.0398. The van der Waals surface area contributed by atoms with Crippen molar-refractivity contribution in [1.29, 1.82) is 0 Å². The number of amides is 2. The lowest BCUT2D eigenvalue weighted by Crippen LogP contribution is -2.50. The van der Waals surface area contributed by atoms with Crippen molar-refractivity contribution in [2.75, 3.05) is 63.9 Å². The Morgan fingerprint density at radius 3 is 2.22 bits per heavy atom. The molecule has 3 aliphatic rings. The quantitative estimate of drug-likeness (QED) is 0.766. The number of β-amino-alcohol motifs (C(OH)–C–C–N with tert-alkyl or cyclic N) is 1. The first-order valence-corrected chi connectivity index (χ1v) is 12.0. The smallest absolute Gasteiger partial charge is 0.409 e. The summed E-state index contributed by atoms with van der Waals surface area (Å²) < 4.78 is 5.04. The van der Waals surface area contributed by atoms with Crippen molar-refractivity contribution in [2.24, 2.45) is 0 Å². The number of nitrogens with zero attached hydrogens (tertiary/aromatic N) is 4. The van der Waals surface area contributed by atoms with Crippen LogP contribution >= 0.6 is 0 Å². The SMILES string of the molecule is CCOC(=O)N1CCN(C(=O)c2ccc(N3CCC(N4CCCC(O)C4)CC3)cc2)CC1. The first-order valence-electron chi connectivity index (χ1n) is 12.0. The van der Waals surface area contributed by atoms with Crippen LogP contribution in [0.3, 0.4) is 0 Å². The summed E-state index contributed by atoms with van der Waals surface area (Å²) in [6, 6.07) is 8.50. The standard InChI is InChI=1S/C24H36N4O4/c1-2-32-24(31)27-16-14-26(15-17-27)23(30)19-5-7-20(8-6-19)25-12-9-21(10-13-25)28-11-3-4-22(29)18-28/h5-8,21-22,29H,2-4,9-18H2,1H3. The van der Waals surface area contributed by atoms with Crippen molar-refractivity contribution < 1.29 is 19.4 Å². The molecule has 0 aliphatic carbocycles. The number of piperazine rings is 1. The summed E-state index contributed by atoms with van der Waals surface area (Å²) in [5.74, 6) is 0.0161. The molecule has 1 aromatic rings. The van der Waals surface area contributed by atoms with Crippen LogP contribution in [0.4, 0.5) is 10.5 Å². The van der Waals surface area contributed by atoms with E-state index in [0.29, 0.717) is 44.4 Å². The Kier molecular flexibility index (Phi) is 7.52. The Morgan fingerprint density at radius 2 is 1.59 bits per heavy atom. The molecule has 8 heteroatoms. The molecule has 3 saturated heterocycles. The topological polar surface area (TPSA) is 76.6 Å². The number of benzene rings is 1. The predicted octanol–water partition coefficient (Wildman–Crippen LogP) is 2.03. The summed E-state index contributed by atoms with van der Waals surface area (Å²) >= 11 is 0. The van der Waals surface area contributed by atoms with Crippen LogP contribution < -0.4 is 4.90 Å². The average Bonchev–Trinajstić information content (AvgIpc) is 2.84. The van der Waals surface area contributed by atoms with Crippen LogP contribution in [0.15, 0.2) is 24.3 Å². The molecule has 1 N–H and O–H groups in total. The van der Waals surface area contributed by atoms with Crippen LogP contribution in [0.5, 0.6) is 0 Å². The van der Waals surface area contributed by atoms with Gasteiger partial charge in [-0.3, -0.25) is 9.69 Å². The monoisotopic (exact) mass is 444 g/mol. The number of likely N-dealkylation sites (tertiary alicyclic amines) is 1. The van der Waals surface area contributed by atoms with Gasteiger partial charge in [0, 0.05) is 63.1 Å². The van der Waals surface area contributed by atoms with Crippen LogP contribution in [-0.2, 0) is 4.74 Å². The van der Waals surface area contributed by atoms with Gasteiger partial charge in [-0.1, -0.05) is 0 Å². The Bertz CT molecular complexity index is 771. The van der Waals surface area contributed by atoms with E-state index in [9.17, 15) is 14.7 Å². The minimum Gasteiger partial charge on any atom is -0.450 e. The van der Waals surface area contributed by atoms with Gasteiger partial charge < -0.3 is 24.5 Å². The molecule has 3 fully saturated rings. The van der Waals surface area contributed by atoms with Crippen molar-refractivity contribution in [3.63, 3.8) is 0 Å². The van der Waals surface area contributed by atoms with Gasteiger partial charge in [0.15, 0.2) is 0 Å². The number of aliphatic hydroxyl groups is 1. The highest BCUT2D eigenvalue weighted by Crippen LogP contribution is 2.25. The number of carbonyl (C=O) groups excluding carboxylic acids is 2. The molecule has 2 amide bonds. The maximum Gasteiger partial charge on any atom is 0.409 e. The van der Waals surface area contributed by atoms with E-state index < -0.39 is 0 Å². The molecule has 8 nitrogen and oxygen atoms in total. The van der Waals surface area contributed by atoms with Crippen molar-refractivity contribution in [3.8, 4) is 0 Å². The van der Waals surface area contributed by atoms with Gasteiger partial charge in [0.2, 0.25) is 0 Å². The highest BCUT2D eigenvalue weighted by atomic mass is 16.6. The van der Waals surface area contributed by atoms with E-state index in [4.69, 9.17) is 4.74 Å². The normalized spacial score (nSPS) is 23.3. The van der Waals surface area contributed by atoms with Gasteiger partial charge in [0.05, 0.1) is 12.7 Å². The van der Waals surface area contributed by atoms with E-state index in [-0.39, 0.29) is 18.1 Å². The largest absolute Gasteiger partial charge is 0.450 e. The lowest BCUT2D eigenvalue weighted by Gasteiger charge is -2.42. The first kappa shape index (κ1) is 22.9. The Labute approximate surface area is 190 Å². The average molecular weight is 445 g/mol. The molecule has 0 bridgehead atoms. The molecule has 0 spiro atoms. The van der Waals surface area contributed by atoms with Gasteiger partial charge in [-0.15, -0.1) is 0 Å². The third-order valence-electron chi connectivity index (χ3n) is 6.98. The summed E-state index contributed by atoms with van der Waals surface area (Å²) in [6.07, 6.45) is 3.77. The van der Waals surface area contributed by atoms with Crippen molar-refractivity contribution >= 4 is 17.7 Å². The Hall–Kier alpha value is -2.32. The Balaban J connectivity index is 1.26. The van der Waals surface area contributed by atoms with Gasteiger partial charge in [0.25, 0.3) is 5.91 Å². The number of anilines is 1. The van der Waals surface area contributed by atoms with E-state index in [0.717, 1.165) is 57.5 Å². The molecule has 3 aliphatic heterocycles. The fourth-order valence-corrected chi connectivity index (χ4v) is 5.11. The zero-order valence-corrected chi connectivity index (χ0v) is 19.1. The maximum absolute atomic E-state index is 12.9. The molecule has 1 aromatic carbocycles. The second kappa shape index (κ2) is 10.5. The molecule has 1 unspecified atom stereocenters. The highest BCUT2D eigenvalue weighted by Gasteiger charge is 2.29. The second-order valence-corrected chi connectivity index (χ2v) is 9.03. The summed E-state index contributed by atoms with van der Waals surface area (Å²) in [4.78, 5) is 33.1. The van der Waals surface area contributed by atoms with E-state index in [2.05, 4.69) is 9.80 Å². The van der Waals surface area contributed by atoms with Gasteiger partial charge in [0.1, 0.15) is 0 Å². The molecule has 32 heavy (non-hydrogen) atoms. The number of aliphatic hydroxyl groups excluding tert-OH is 1. The summed E-state index contributed by atoms with van der Waals surface area (Å²) in [5, 5.41) is 9.96. The van der Waals surface area contributed by atoms with Crippen LogP contribution in [0.1, 0.15) is 43.0 Å². The minimum absolute atomic E-state index is 0.0161. The molecule has 0 aromatic heterocycles. The van der Waals surface area contributed by atoms with Gasteiger partial charge in [-0.25, -0.2) is 4.79 Å². The third-order valence-corrected chi connectivity index (χ3v) is 6.98. The zero-order chi connectivity index (χ0) is 22.5. The number of rotatable bonds is 4. The van der Waals surface area contributed by atoms with Gasteiger partial charge >= 0.3 is 6.09 Å². The predicted molar refractivity (Wildman–Crippen MR) is 123 cm³/mol. The fourth-order valence-electron chi connectivity index (χ4n) is 5.11. The van der Waals surface area contributed by atoms with Crippen molar-refractivity contribution in [1.82, 2.24) is 14.7 Å². The number of piperidine rings is 2. The number of hydrogen-bond donors (Lipinski definition) is 1. The van der Waals surface area contributed by atoms with E-state index in [1.807, 2.05) is 29.2 Å². The number of hydrogen-bond acceptors (Lipinski definition) is 6. The molecule has 3 heterocycles. The van der Waals surface area contributed by atoms with Crippen LogP contribution in [-0.4, -0.2) is 103 Å². The van der Waals surface area contributed by atoms with Gasteiger partial charge in [-0.2, -0.15) is 0 Å². The van der Waals surface area contributed by atoms with Crippen LogP contribution in [0.2, 0.25) is 0 Å². The van der Waals surface area contributed by atoms with Gasteiger partial charge in [-0.05, 0) is 63.4 Å². The van der Waals surface area contributed by atoms with Crippen molar-refractivity contribution in [3.05, 3.63) is 29.8 Å². The van der Waals surface area contributed by atoms with E-state index in [1.165, 1.54) is 0 Å². The second-order valence-electron chi connectivity index (χ2n) is 9.03. The third kappa shape index (κ3) is 5.35. The number of carbonyl (C=O) groups is 2. The van der Waals surface area contributed by atoms with E-state index >= 15 is 0 Å². The maximum atomic E-state index is 12.9. The molecular weight excluding hydrogens is 408 g/mol. The first-order chi connectivity index (χ1) is 15.5. The summed E-state index contributed by atoms with van der Waals surface area (Å²) in [7, 11) is 0. The summed E-state index contributed by atoms with van der Waals surface area (Å²) in [6.45, 7) is 8.14. The van der Waals surface area contributed by atoms with Crippen LogP contribution in [0.25, 0.3) is 0 Å². The molecule has 0 saturated carbocycles. The molecule has 1 atom stereocenters. The summed E-state index contributed by atoms with van der Waals surface area (Å²) in [5.41, 5.74) is 1.85. The Morgan fingerprint density at radius 1 is 0.938 bits per heavy atom. The molecule has 176 valence electrons. The van der Waals surface area contributed by atoms with E-state index in [1.54, 1.807) is 11.8 Å². The molecule has 4 rings (SSSR count). The zero-order valence-electron chi connectivity index (χ0n) is 19.1. The fraction of sp³-hybridized carbons (Fsp3) is 0.667. The van der Waals surface area contributed by atoms with Crippen LogP contribution in [0, 0.1) is 0 Å². The number of ether oxygens (including phenoxy) is 1. The highest BCUT2D eigenvalue weighted by molar-refractivity contribution is 5.94.